The van der Waals surface area contributed by atoms with Gasteiger partial charge < -0.3 is 10.5 Å². The number of nitrogens with zero attached hydrogens (tertiary/aromatic N) is 1. The van der Waals surface area contributed by atoms with E-state index in [0.717, 1.165) is 31.7 Å². The highest BCUT2D eigenvalue weighted by Gasteiger charge is 2.38. The summed E-state index contributed by atoms with van der Waals surface area (Å²) in [6.07, 6.45) is 2.11. The molecule has 0 fully saturated rings. The summed E-state index contributed by atoms with van der Waals surface area (Å²) in [4.78, 5) is 2.50. The maximum atomic E-state index is 6.66. The van der Waals surface area contributed by atoms with Crippen LogP contribution >= 0.6 is 0 Å². The van der Waals surface area contributed by atoms with Crippen LogP contribution in [0.2, 0.25) is 0 Å². The zero-order valence-corrected chi connectivity index (χ0v) is 13.6. The highest BCUT2D eigenvalue weighted by molar-refractivity contribution is 5.31. The third-order valence-corrected chi connectivity index (χ3v) is 4.67. The monoisotopic (exact) mass is 278 g/mol. The molecule has 1 unspecified atom stereocenters. The summed E-state index contributed by atoms with van der Waals surface area (Å²) in [5.41, 5.74) is 7.86. The number of nitrogens with two attached hydrogens (primary N) is 1. The number of methoxy groups -OCH3 is 1. The molecule has 3 heteroatoms. The average Bonchev–Trinajstić information content (AvgIpc) is 2.52. The molecular formula is C17H30N2O. The van der Waals surface area contributed by atoms with Gasteiger partial charge in [-0.3, -0.25) is 4.90 Å². The lowest BCUT2D eigenvalue weighted by atomic mass is 9.79. The molecule has 0 aliphatic heterocycles. The van der Waals surface area contributed by atoms with Crippen LogP contribution < -0.4 is 10.5 Å². The van der Waals surface area contributed by atoms with Crippen molar-refractivity contribution in [3.63, 3.8) is 0 Å². The fourth-order valence-electron chi connectivity index (χ4n) is 3.31. The Kier molecular flexibility index (Phi) is 6.50. The first-order valence-corrected chi connectivity index (χ1v) is 7.74. The molecule has 0 aliphatic rings. The minimum absolute atomic E-state index is 0.0170. The predicted molar refractivity (Wildman–Crippen MR) is 86.2 cm³/mol. The number of rotatable bonds is 8. The molecule has 1 rings (SSSR count). The lowest BCUT2D eigenvalue weighted by Crippen LogP contribution is -2.54. The fourth-order valence-corrected chi connectivity index (χ4v) is 3.31. The molecule has 0 saturated carbocycles. The smallest absolute Gasteiger partial charge is 0.118 e. The SMILES string of the molecule is CCN(CC)C(CC)(CC)C(N)c1ccc(OC)cc1. The first kappa shape index (κ1) is 17.0. The van der Waals surface area contributed by atoms with Crippen LogP contribution in [-0.4, -0.2) is 30.6 Å². The third-order valence-electron chi connectivity index (χ3n) is 4.67. The fraction of sp³-hybridized carbons (Fsp3) is 0.647. The summed E-state index contributed by atoms with van der Waals surface area (Å²) in [5, 5.41) is 0. The van der Waals surface area contributed by atoms with Gasteiger partial charge >= 0.3 is 0 Å². The van der Waals surface area contributed by atoms with E-state index in [1.807, 2.05) is 12.1 Å². The maximum absolute atomic E-state index is 6.66. The van der Waals surface area contributed by atoms with Gasteiger partial charge in [0.15, 0.2) is 0 Å². The first-order chi connectivity index (χ1) is 9.59. The molecule has 0 heterocycles. The Morgan fingerprint density at radius 2 is 1.55 bits per heavy atom. The minimum Gasteiger partial charge on any atom is -0.497 e. The van der Waals surface area contributed by atoms with E-state index >= 15 is 0 Å². The van der Waals surface area contributed by atoms with Crippen LogP contribution in [0.3, 0.4) is 0 Å². The third kappa shape index (κ3) is 3.15. The van der Waals surface area contributed by atoms with Crippen molar-refractivity contribution in [2.24, 2.45) is 5.73 Å². The van der Waals surface area contributed by atoms with Crippen LogP contribution in [-0.2, 0) is 0 Å². The molecule has 3 nitrogen and oxygen atoms in total. The zero-order chi connectivity index (χ0) is 15.2. The molecule has 0 amide bonds. The lowest BCUT2D eigenvalue weighted by molar-refractivity contribution is 0.0625. The van der Waals surface area contributed by atoms with Crippen LogP contribution in [0.4, 0.5) is 0 Å². The largest absolute Gasteiger partial charge is 0.497 e. The maximum Gasteiger partial charge on any atom is 0.118 e. The van der Waals surface area contributed by atoms with Crippen molar-refractivity contribution in [2.45, 2.75) is 52.1 Å². The van der Waals surface area contributed by atoms with Gasteiger partial charge in [-0.25, -0.2) is 0 Å². The van der Waals surface area contributed by atoms with Crippen LogP contribution in [0.1, 0.15) is 52.1 Å². The predicted octanol–water partition coefficient (Wildman–Crippen LogP) is 3.60. The van der Waals surface area contributed by atoms with Gasteiger partial charge in [0.2, 0.25) is 0 Å². The van der Waals surface area contributed by atoms with E-state index < -0.39 is 0 Å². The van der Waals surface area contributed by atoms with Gasteiger partial charge in [0, 0.05) is 11.6 Å². The summed E-state index contributed by atoms with van der Waals surface area (Å²) < 4.78 is 5.23. The Hall–Kier alpha value is -1.06. The van der Waals surface area contributed by atoms with E-state index in [4.69, 9.17) is 10.5 Å². The van der Waals surface area contributed by atoms with Crippen LogP contribution in [0, 0.1) is 0 Å². The number of hydrogen-bond acceptors (Lipinski definition) is 3. The molecule has 0 aromatic heterocycles. The van der Waals surface area contributed by atoms with E-state index in [9.17, 15) is 0 Å². The minimum atomic E-state index is 0.0170. The molecule has 0 bridgehead atoms. The number of benzene rings is 1. The van der Waals surface area contributed by atoms with Crippen molar-refractivity contribution in [2.75, 3.05) is 20.2 Å². The Labute approximate surface area is 124 Å². The molecule has 1 aromatic carbocycles. The Bertz CT molecular complexity index is 380. The van der Waals surface area contributed by atoms with Gasteiger partial charge in [-0.2, -0.15) is 0 Å². The quantitative estimate of drug-likeness (QED) is 0.789. The second-order valence-corrected chi connectivity index (χ2v) is 5.23. The summed E-state index contributed by atoms with van der Waals surface area (Å²) in [6.45, 7) is 11.0. The highest BCUT2D eigenvalue weighted by Crippen LogP contribution is 2.36. The number of likely N-dealkylation sites (N-methyl/N-ethyl adjacent to an activating group) is 1. The van der Waals surface area contributed by atoms with E-state index in [1.54, 1.807) is 7.11 Å². The number of hydrogen-bond donors (Lipinski definition) is 1. The van der Waals surface area contributed by atoms with Crippen molar-refractivity contribution in [3.05, 3.63) is 29.8 Å². The second kappa shape index (κ2) is 7.65. The van der Waals surface area contributed by atoms with Crippen molar-refractivity contribution in [1.29, 1.82) is 0 Å². The summed E-state index contributed by atoms with van der Waals surface area (Å²) in [6, 6.07) is 8.18. The average molecular weight is 278 g/mol. The molecule has 0 radical (unpaired) electrons. The van der Waals surface area contributed by atoms with Gasteiger partial charge in [-0.15, -0.1) is 0 Å². The van der Waals surface area contributed by atoms with Crippen molar-refractivity contribution < 1.29 is 4.74 Å². The Morgan fingerprint density at radius 3 is 1.90 bits per heavy atom. The normalized spacial score (nSPS) is 13.6. The zero-order valence-electron chi connectivity index (χ0n) is 13.6. The van der Waals surface area contributed by atoms with Crippen molar-refractivity contribution in [3.8, 4) is 5.75 Å². The molecule has 1 atom stereocenters. The van der Waals surface area contributed by atoms with E-state index in [1.165, 1.54) is 5.56 Å². The molecule has 20 heavy (non-hydrogen) atoms. The number of ether oxygens (including phenoxy) is 1. The molecule has 0 spiro atoms. The van der Waals surface area contributed by atoms with Gasteiger partial charge in [-0.1, -0.05) is 39.8 Å². The van der Waals surface area contributed by atoms with Crippen LogP contribution in [0.5, 0.6) is 5.75 Å². The molecule has 2 N–H and O–H groups in total. The lowest BCUT2D eigenvalue weighted by Gasteiger charge is -2.46. The summed E-state index contributed by atoms with van der Waals surface area (Å²) >= 11 is 0. The molecular weight excluding hydrogens is 248 g/mol. The van der Waals surface area contributed by atoms with Gasteiger partial charge in [-0.05, 0) is 43.6 Å². The second-order valence-electron chi connectivity index (χ2n) is 5.23. The molecule has 1 aromatic rings. The topological polar surface area (TPSA) is 38.5 Å². The molecule has 0 saturated heterocycles. The van der Waals surface area contributed by atoms with Gasteiger partial charge in [0.25, 0.3) is 0 Å². The van der Waals surface area contributed by atoms with E-state index in [-0.39, 0.29) is 11.6 Å². The Balaban J connectivity index is 3.12. The first-order valence-electron chi connectivity index (χ1n) is 7.74. The van der Waals surface area contributed by atoms with Crippen molar-refractivity contribution in [1.82, 2.24) is 4.90 Å². The Morgan fingerprint density at radius 1 is 1.05 bits per heavy atom. The molecule has 114 valence electrons. The van der Waals surface area contributed by atoms with E-state index in [0.29, 0.717) is 0 Å². The standard InChI is InChI=1S/C17H30N2O/c1-6-17(7-2,19(8-3)9-4)16(18)14-10-12-15(20-5)13-11-14/h10-13,16H,6-9,18H2,1-5H3. The summed E-state index contributed by atoms with van der Waals surface area (Å²) in [7, 11) is 1.69. The van der Waals surface area contributed by atoms with Gasteiger partial charge in [0.1, 0.15) is 5.75 Å². The van der Waals surface area contributed by atoms with Crippen molar-refractivity contribution >= 4 is 0 Å². The highest BCUT2D eigenvalue weighted by atomic mass is 16.5. The van der Waals surface area contributed by atoms with Crippen LogP contribution in [0.15, 0.2) is 24.3 Å². The summed E-state index contributed by atoms with van der Waals surface area (Å²) in [5.74, 6) is 0.877. The van der Waals surface area contributed by atoms with Crippen LogP contribution in [0.25, 0.3) is 0 Å². The molecule has 0 aliphatic carbocycles. The van der Waals surface area contributed by atoms with E-state index in [2.05, 4.69) is 44.7 Å². The van der Waals surface area contributed by atoms with Gasteiger partial charge in [0.05, 0.1) is 7.11 Å².